The van der Waals surface area contributed by atoms with Crippen LogP contribution in [0.4, 0.5) is 0 Å². The highest BCUT2D eigenvalue weighted by Gasteiger charge is 2.46. The molecule has 3 aliphatic rings. The van der Waals surface area contributed by atoms with Gasteiger partial charge < -0.3 is 10.2 Å². The molecule has 3 fully saturated rings. The molecule has 2 saturated heterocycles. The molecule has 0 unspecified atom stereocenters. The van der Waals surface area contributed by atoms with E-state index >= 15 is 0 Å². The van der Waals surface area contributed by atoms with Crippen molar-refractivity contribution in [3.8, 4) is 0 Å². The van der Waals surface area contributed by atoms with Crippen LogP contribution in [0, 0.1) is 5.92 Å². The molecule has 1 amide bonds. The molecule has 1 aliphatic carbocycles. The van der Waals surface area contributed by atoms with Crippen LogP contribution in [-0.4, -0.2) is 36.0 Å². The molecule has 1 aromatic rings. The number of nitrogens with zero attached hydrogens (tertiary/aromatic N) is 1. The molecule has 2 heterocycles. The quantitative estimate of drug-likeness (QED) is 0.917. The van der Waals surface area contributed by atoms with Crippen molar-refractivity contribution in [3.05, 3.63) is 34.9 Å². The van der Waals surface area contributed by atoms with E-state index in [9.17, 15) is 4.79 Å². The fourth-order valence-electron chi connectivity index (χ4n) is 4.65. The van der Waals surface area contributed by atoms with Gasteiger partial charge in [-0.15, -0.1) is 0 Å². The maximum Gasteiger partial charge on any atom is 0.223 e. The van der Waals surface area contributed by atoms with E-state index in [1.807, 2.05) is 18.2 Å². The number of benzene rings is 1. The maximum absolute atomic E-state index is 12.6. The SMILES string of the molecule is CN1[C@H]2CCC[C@H]1CC(NC(=O)[C@H]1C[C@@H]1c1ccccc1Cl)C2. The van der Waals surface area contributed by atoms with Gasteiger partial charge in [0, 0.05) is 29.1 Å². The van der Waals surface area contributed by atoms with E-state index in [2.05, 4.69) is 23.3 Å². The van der Waals surface area contributed by atoms with Crippen molar-refractivity contribution in [3.63, 3.8) is 0 Å². The van der Waals surface area contributed by atoms with Crippen LogP contribution in [0.15, 0.2) is 24.3 Å². The van der Waals surface area contributed by atoms with E-state index in [0.29, 0.717) is 24.0 Å². The van der Waals surface area contributed by atoms with Crippen LogP contribution in [0.1, 0.15) is 50.0 Å². The lowest BCUT2D eigenvalue weighted by molar-refractivity contribution is -0.123. The Labute approximate surface area is 143 Å². The van der Waals surface area contributed by atoms with Crippen molar-refractivity contribution in [1.29, 1.82) is 0 Å². The van der Waals surface area contributed by atoms with Crippen LogP contribution in [0.3, 0.4) is 0 Å². The second kappa shape index (κ2) is 6.10. The van der Waals surface area contributed by atoms with E-state index in [1.54, 1.807) is 0 Å². The minimum absolute atomic E-state index is 0.120. The van der Waals surface area contributed by atoms with Gasteiger partial charge in [0.1, 0.15) is 0 Å². The molecule has 4 rings (SSSR count). The number of nitrogens with one attached hydrogen (secondary N) is 1. The minimum atomic E-state index is 0.120. The number of piperidine rings is 2. The molecule has 4 atom stereocenters. The molecule has 0 radical (unpaired) electrons. The Morgan fingerprint density at radius 1 is 1.17 bits per heavy atom. The van der Waals surface area contributed by atoms with Crippen molar-refractivity contribution >= 4 is 17.5 Å². The number of hydrogen-bond acceptors (Lipinski definition) is 2. The first kappa shape index (κ1) is 15.5. The molecule has 0 aromatic heterocycles. The first-order valence-corrected chi connectivity index (χ1v) is 9.28. The van der Waals surface area contributed by atoms with Gasteiger partial charge in [-0.3, -0.25) is 4.79 Å². The number of halogens is 1. The Hall–Kier alpha value is -1.06. The van der Waals surface area contributed by atoms with Crippen LogP contribution in [0.25, 0.3) is 0 Å². The summed E-state index contributed by atoms with van der Waals surface area (Å²) in [6.45, 7) is 0. The van der Waals surface area contributed by atoms with Crippen LogP contribution < -0.4 is 5.32 Å². The third kappa shape index (κ3) is 3.01. The number of amides is 1. The third-order valence-corrected chi connectivity index (χ3v) is 6.46. The Kier molecular flexibility index (Phi) is 4.10. The summed E-state index contributed by atoms with van der Waals surface area (Å²) in [5, 5.41) is 4.13. The van der Waals surface area contributed by atoms with Gasteiger partial charge in [0.05, 0.1) is 0 Å². The van der Waals surface area contributed by atoms with E-state index in [0.717, 1.165) is 29.8 Å². The zero-order chi connectivity index (χ0) is 16.0. The fourth-order valence-corrected chi connectivity index (χ4v) is 4.92. The average Bonchev–Trinajstić information content (AvgIpc) is 3.29. The number of carbonyl (C=O) groups is 1. The first-order valence-electron chi connectivity index (χ1n) is 8.90. The van der Waals surface area contributed by atoms with Gasteiger partial charge in [-0.25, -0.2) is 0 Å². The molecule has 1 saturated carbocycles. The van der Waals surface area contributed by atoms with Crippen LogP contribution in [0.2, 0.25) is 5.02 Å². The topological polar surface area (TPSA) is 32.3 Å². The Morgan fingerprint density at radius 2 is 1.87 bits per heavy atom. The molecular formula is C19H25ClN2O. The second-order valence-electron chi connectivity index (χ2n) is 7.55. The standard InChI is InChI=1S/C19H25ClN2O/c1-22-13-5-4-6-14(22)10-12(9-13)21-19(23)17-11-16(17)15-7-2-3-8-18(15)20/h2-3,7-8,12-14,16-17H,4-6,9-11H2,1H3,(H,21,23)/t13-,14-,16+,17-/m0/s1. The monoisotopic (exact) mass is 332 g/mol. The van der Waals surface area contributed by atoms with Crippen LogP contribution in [0.5, 0.6) is 0 Å². The Balaban J connectivity index is 1.36. The van der Waals surface area contributed by atoms with Crippen molar-refractivity contribution in [2.75, 3.05) is 7.05 Å². The van der Waals surface area contributed by atoms with Gasteiger partial charge in [0.2, 0.25) is 5.91 Å². The molecule has 23 heavy (non-hydrogen) atoms. The van der Waals surface area contributed by atoms with E-state index < -0.39 is 0 Å². The lowest BCUT2D eigenvalue weighted by Gasteiger charge is -2.47. The minimum Gasteiger partial charge on any atom is -0.353 e. The number of carbonyl (C=O) groups excluding carboxylic acids is 1. The number of rotatable bonds is 3. The van der Waals surface area contributed by atoms with Crippen molar-refractivity contribution in [2.24, 2.45) is 5.92 Å². The van der Waals surface area contributed by atoms with E-state index in [1.165, 1.54) is 19.3 Å². The summed E-state index contributed by atoms with van der Waals surface area (Å²) in [6.07, 6.45) is 7.08. The molecule has 1 aromatic carbocycles. The molecule has 2 bridgehead atoms. The summed E-state index contributed by atoms with van der Waals surface area (Å²) in [6, 6.07) is 9.61. The van der Waals surface area contributed by atoms with Gasteiger partial charge in [0.15, 0.2) is 0 Å². The highest BCUT2D eigenvalue weighted by atomic mass is 35.5. The van der Waals surface area contributed by atoms with Gasteiger partial charge in [-0.05, 0) is 56.7 Å². The molecule has 124 valence electrons. The second-order valence-corrected chi connectivity index (χ2v) is 7.96. The average molecular weight is 333 g/mol. The highest BCUT2D eigenvalue weighted by Crippen LogP contribution is 2.49. The third-order valence-electron chi connectivity index (χ3n) is 6.12. The fraction of sp³-hybridized carbons (Fsp3) is 0.632. The predicted molar refractivity (Wildman–Crippen MR) is 92.7 cm³/mol. The molecule has 4 heteroatoms. The predicted octanol–water partition coefficient (Wildman–Crippen LogP) is 3.58. The lowest BCUT2D eigenvalue weighted by Crippen LogP contribution is -2.55. The Morgan fingerprint density at radius 3 is 2.57 bits per heavy atom. The zero-order valence-electron chi connectivity index (χ0n) is 13.7. The van der Waals surface area contributed by atoms with E-state index in [4.69, 9.17) is 11.6 Å². The summed E-state index contributed by atoms with van der Waals surface area (Å²) in [5.74, 6) is 0.673. The number of hydrogen-bond donors (Lipinski definition) is 1. The van der Waals surface area contributed by atoms with E-state index in [-0.39, 0.29) is 11.8 Å². The summed E-state index contributed by atoms with van der Waals surface area (Å²) in [4.78, 5) is 15.1. The molecule has 3 nitrogen and oxygen atoms in total. The molecule has 0 spiro atoms. The summed E-state index contributed by atoms with van der Waals surface area (Å²) >= 11 is 6.26. The van der Waals surface area contributed by atoms with Crippen molar-refractivity contribution in [2.45, 2.75) is 62.6 Å². The van der Waals surface area contributed by atoms with Crippen LogP contribution >= 0.6 is 11.6 Å². The Bertz CT molecular complexity index is 591. The first-order chi connectivity index (χ1) is 11.1. The largest absolute Gasteiger partial charge is 0.353 e. The van der Waals surface area contributed by atoms with Crippen molar-refractivity contribution < 1.29 is 4.79 Å². The maximum atomic E-state index is 12.6. The van der Waals surface area contributed by atoms with Crippen LogP contribution in [-0.2, 0) is 4.79 Å². The summed E-state index contributed by atoms with van der Waals surface area (Å²) < 4.78 is 0. The molecule has 2 aliphatic heterocycles. The molecule has 1 N–H and O–H groups in total. The zero-order valence-corrected chi connectivity index (χ0v) is 14.4. The molecular weight excluding hydrogens is 308 g/mol. The summed E-state index contributed by atoms with van der Waals surface area (Å²) in [5.41, 5.74) is 1.13. The lowest BCUT2D eigenvalue weighted by atomic mass is 9.82. The van der Waals surface area contributed by atoms with Crippen molar-refractivity contribution in [1.82, 2.24) is 10.2 Å². The van der Waals surface area contributed by atoms with Gasteiger partial charge in [0.25, 0.3) is 0 Å². The van der Waals surface area contributed by atoms with Gasteiger partial charge in [-0.2, -0.15) is 0 Å². The normalized spacial score (nSPS) is 36.5. The van der Waals surface area contributed by atoms with Gasteiger partial charge in [-0.1, -0.05) is 36.2 Å². The summed E-state index contributed by atoms with van der Waals surface area (Å²) in [7, 11) is 2.25. The number of fused-ring (bicyclic) bond motifs is 2. The smallest absolute Gasteiger partial charge is 0.223 e. The van der Waals surface area contributed by atoms with Gasteiger partial charge >= 0.3 is 0 Å². The highest BCUT2D eigenvalue weighted by molar-refractivity contribution is 6.31.